The summed E-state index contributed by atoms with van der Waals surface area (Å²) in [6, 6.07) is 1.45. The number of aryl methyl sites for hydroxylation is 3. The third kappa shape index (κ3) is 3.63. The molecule has 0 spiro atoms. The van der Waals surface area contributed by atoms with Gasteiger partial charge in [-0.25, -0.2) is 8.42 Å². The number of rotatable bonds is 5. The second-order valence-corrected chi connectivity index (χ2v) is 8.66. The van der Waals surface area contributed by atoms with Crippen molar-refractivity contribution in [2.75, 3.05) is 26.2 Å². The van der Waals surface area contributed by atoms with E-state index in [0.717, 1.165) is 5.69 Å². The zero-order valence-corrected chi connectivity index (χ0v) is 17.0. The number of nitrogens with zero attached hydrogens (tertiary/aromatic N) is 6. The molecule has 0 bridgehead atoms. The normalized spacial score (nSPS) is 17.3. The third-order valence-corrected chi connectivity index (χ3v) is 6.99. The zero-order valence-electron chi connectivity index (χ0n) is 16.2. The lowest BCUT2D eigenvalue weighted by molar-refractivity contribution is -0.135. The summed E-state index contributed by atoms with van der Waals surface area (Å²) in [5, 5.41) is 8.43. The highest BCUT2D eigenvalue weighted by atomic mass is 32.2. The maximum atomic E-state index is 12.9. The van der Waals surface area contributed by atoms with Crippen LogP contribution in [0.15, 0.2) is 23.4 Å². The van der Waals surface area contributed by atoms with E-state index in [9.17, 15) is 13.2 Å². The Morgan fingerprint density at radius 2 is 1.89 bits per heavy atom. The number of sulfonamides is 1. The Kier molecular flexibility index (Phi) is 5.38. The van der Waals surface area contributed by atoms with Crippen LogP contribution in [0.5, 0.6) is 0 Å². The van der Waals surface area contributed by atoms with Gasteiger partial charge in [0.15, 0.2) is 0 Å². The van der Waals surface area contributed by atoms with Crippen LogP contribution in [0, 0.1) is 13.8 Å². The first-order chi connectivity index (χ1) is 12.8. The fourth-order valence-corrected chi connectivity index (χ4v) is 4.95. The van der Waals surface area contributed by atoms with E-state index in [4.69, 9.17) is 0 Å². The average molecular weight is 395 g/mol. The molecule has 1 aliphatic heterocycles. The monoisotopic (exact) mass is 394 g/mol. The van der Waals surface area contributed by atoms with Gasteiger partial charge in [-0.15, -0.1) is 0 Å². The van der Waals surface area contributed by atoms with Gasteiger partial charge in [-0.2, -0.15) is 14.5 Å². The summed E-state index contributed by atoms with van der Waals surface area (Å²) in [4.78, 5) is 14.7. The molecule has 1 atom stereocenters. The summed E-state index contributed by atoms with van der Waals surface area (Å²) >= 11 is 0. The van der Waals surface area contributed by atoms with E-state index in [1.807, 2.05) is 26.8 Å². The van der Waals surface area contributed by atoms with Crippen molar-refractivity contribution in [2.45, 2.75) is 45.2 Å². The Balaban J connectivity index is 1.68. The standard InChI is InChI=1S/C17H26N6O3S/c1-5-21-12-16(14(3)19-21)27(25,26)22-10-8-20(9-11-22)17(24)15(4)23-13(2)6-7-18-23/h6-7,12,15H,5,8-11H2,1-4H3. The first kappa shape index (κ1) is 19.6. The van der Waals surface area contributed by atoms with E-state index in [-0.39, 0.29) is 23.9 Å². The van der Waals surface area contributed by atoms with Crippen LogP contribution >= 0.6 is 0 Å². The zero-order chi connectivity index (χ0) is 19.8. The minimum atomic E-state index is -3.61. The molecule has 148 valence electrons. The van der Waals surface area contributed by atoms with Gasteiger partial charge in [-0.05, 0) is 33.8 Å². The second-order valence-electron chi connectivity index (χ2n) is 6.76. The molecule has 3 heterocycles. The van der Waals surface area contributed by atoms with Crippen LogP contribution in [-0.4, -0.2) is 69.3 Å². The van der Waals surface area contributed by atoms with Gasteiger partial charge in [-0.3, -0.25) is 14.2 Å². The SMILES string of the molecule is CCn1cc(S(=O)(=O)N2CCN(C(=O)C(C)n3nccc3C)CC2)c(C)n1. The highest BCUT2D eigenvalue weighted by Gasteiger charge is 2.33. The third-order valence-electron chi connectivity index (χ3n) is 4.99. The highest BCUT2D eigenvalue weighted by molar-refractivity contribution is 7.89. The van der Waals surface area contributed by atoms with Crippen LogP contribution in [0.25, 0.3) is 0 Å². The smallest absolute Gasteiger partial charge is 0.247 e. The first-order valence-corrected chi connectivity index (χ1v) is 10.5. The molecular weight excluding hydrogens is 368 g/mol. The van der Waals surface area contributed by atoms with Crippen molar-refractivity contribution in [3.05, 3.63) is 29.8 Å². The van der Waals surface area contributed by atoms with Crippen molar-refractivity contribution in [1.82, 2.24) is 28.8 Å². The topological polar surface area (TPSA) is 93.3 Å². The molecule has 0 aromatic carbocycles. The number of carbonyl (C=O) groups excluding carboxylic acids is 1. The number of carbonyl (C=O) groups is 1. The predicted octanol–water partition coefficient (Wildman–Crippen LogP) is 0.810. The molecule has 1 fully saturated rings. The maximum absolute atomic E-state index is 12.9. The lowest BCUT2D eigenvalue weighted by atomic mass is 10.2. The number of amides is 1. The first-order valence-electron chi connectivity index (χ1n) is 9.08. The van der Waals surface area contributed by atoms with E-state index >= 15 is 0 Å². The molecule has 2 aromatic heterocycles. The number of piperazine rings is 1. The van der Waals surface area contributed by atoms with Crippen molar-refractivity contribution in [3.63, 3.8) is 0 Å². The average Bonchev–Trinajstić information content (AvgIpc) is 3.26. The van der Waals surface area contributed by atoms with Gasteiger partial charge in [0.2, 0.25) is 15.9 Å². The van der Waals surface area contributed by atoms with Crippen LogP contribution in [0.2, 0.25) is 0 Å². The van der Waals surface area contributed by atoms with Crippen LogP contribution in [-0.2, 0) is 21.4 Å². The van der Waals surface area contributed by atoms with E-state index in [0.29, 0.717) is 25.3 Å². The Morgan fingerprint density at radius 3 is 2.41 bits per heavy atom. The Labute approximate surface area is 159 Å². The molecule has 3 rings (SSSR count). The largest absolute Gasteiger partial charge is 0.338 e. The van der Waals surface area contributed by atoms with Crippen LogP contribution < -0.4 is 0 Å². The molecule has 0 aliphatic carbocycles. The molecule has 1 aliphatic rings. The second kappa shape index (κ2) is 7.43. The quantitative estimate of drug-likeness (QED) is 0.748. The molecule has 10 heteroatoms. The van der Waals surface area contributed by atoms with Crippen LogP contribution in [0.4, 0.5) is 0 Å². The summed E-state index contributed by atoms with van der Waals surface area (Å²) < 4.78 is 30.6. The summed E-state index contributed by atoms with van der Waals surface area (Å²) in [5.74, 6) is -0.0474. The molecule has 0 saturated carbocycles. The molecule has 2 aromatic rings. The number of hydrogen-bond donors (Lipinski definition) is 0. The van der Waals surface area contributed by atoms with E-state index < -0.39 is 16.1 Å². The summed E-state index contributed by atoms with van der Waals surface area (Å²) in [5.41, 5.74) is 1.42. The number of hydrogen-bond acceptors (Lipinski definition) is 5. The predicted molar refractivity (Wildman–Crippen MR) is 99.7 cm³/mol. The minimum absolute atomic E-state index is 0.0474. The Bertz CT molecular complexity index is 924. The van der Waals surface area contributed by atoms with Gasteiger partial charge < -0.3 is 4.90 Å². The van der Waals surface area contributed by atoms with Gasteiger partial charge in [-0.1, -0.05) is 0 Å². The van der Waals surface area contributed by atoms with Crippen LogP contribution in [0.1, 0.15) is 31.3 Å². The van der Waals surface area contributed by atoms with E-state index in [2.05, 4.69) is 10.2 Å². The van der Waals surface area contributed by atoms with Gasteiger partial charge in [0.25, 0.3) is 0 Å². The number of aromatic nitrogens is 4. The summed E-state index contributed by atoms with van der Waals surface area (Å²) in [6.45, 7) is 9.22. The van der Waals surface area contributed by atoms with E-state index in [1.165, 1.54) is 4.31 Å². The molecule has 9 nitrogen and oxygen atoms in total. The van der Waals surface area contributed by atoms with Crippen molar-refractivity contribution < 1.29 is 13.2 Å². The minimum Gasteiger partial charge on any atom is -0.338 e. The van der Waals surface area contributed by atoms with Crippen LogP contribution in [0.3, 0.4) is 0 Å². The molecule has 1 saturated heterocycles. The lowest BCUT2D eigenvalue weighted by Crippen LogP contribution is -2.51. The fraction of sp³-hybridized carbons (Fsp3) is 0.588. The maximum Gasteiger partial charge on any atom is 0.247 e. The van der Waals surface area contributed by atoms with Crippen molar-refractivity contribution >= 4 is 15.9 Å². The lowest BCUT2D eigenvalue weighted by Gasteiger charge is -2.35. The van der Waals surface area contributed by atoms with Crippen molar-refractivity contribution in [2.24, 2.45) is 0 Å². The molecular formula is C17H26N6O3S. The summed E-state index contributed by atoms with van der Waals surface area (Å²) in [7, 11) is -3.61. The Hall–Kier alpha value is -2.20. The van der Waals surface area contributed by atoms with Gasteiger partial charge in [0.05, 0.1) is 5.69 Å². The summed E-state index contributed by atoms with van der Waals surface area (Å²) in [6.07, 6.45) is 3.24. The van der Waals surface area contributed by atoms with Gasteiger partial charge >= 0.3 is 0 Å². The van der Waals surface area contributed by atoms with Crippen molar-refractivity contribution in [3.8, 4) is 0 Å². The molecule has 27 heavy (non-hydrogen) atoms. The molecule has 0 N–H and O–H groups in total. The Morgan fingerprint density at radius 1 is 1.22 bits per heavy atom. The molecule has 1 unspecified atom stereocenters. The fourth-order valence-electron chi connectivity index (χ4n) is 3.36. The van der Waals surface area contributed by atoms with Gasteiger partial charge in [0, 0.05) is 50.8 Å². The molecule has 0 radical (unpaired) electrons. The highest BCUT2D eigenvalue weighted by Crippen LogP contribution is 2.21. The van der Waals surface area contributed by atoms with E-state index in [1.54, 1.807) is 33.6 Å². The van der Waals surface area contributed by atoms with Gasteiger partial charge in [0.1, 0.15) is 10.9 Å². The molecule has 1 amide bonds. The van der Waals surface area contributed by atoms with Crippen molar-refractivity contribution in [1.29, 1.82) is 0 Å².